The second kappa shape index (κ2) is 5.98. The minimum atomic E-state index is -0.471. The van der Waals surface area contributed by atoms with Crippen LogP contribution in [0.25, 0.3) is 0 Å². The lowest BCUT2D eigenvalue weighted by atomic mass is 10.1. The molecule has 1 fully saturated rings. The third-order valence-electron chi connectivity index (χ3n) is 3.25. The SMILES string of the molecule is COc1ccc([C@H](O)CCN2CCCC2)nc1. The highest BCUT2D eigenvalue weighted by atomic mass is 16.5. The molecule has 1 aliphatic heterocycles. The Morgan fingerprint density at radius 3 is 2.76 bits per heavy atom. The minimum Gasteiger partial charge on any atom is -0.495 e. The molecule has 1 aromatic rings. The van der Waals surface area contributed by atoms with E-state index in [1.807, 2.05) is 12.1 Å². The quantitative estimate of drug-likeness (QED) is 0.843. The zero-order valence-electron chi connectivity index (χ0n) is 10.3. The summed E-state index contributed by atoms with van der Waals surface area (Å²) in [4.78, 5) is 6.60. The topological polar surface area (TPSA) is 45.6 Å². The van der Waals surface area contributed by atoms with E-state index >= 15 is 0 Å². The summed E-state index contributed by atoms with van der Waals surface area (Å²) in [5.41, 5.74) is 0.727. The van der Waals surface area contributed by atoms with Gasteiger partial charge in [0.15, 0.2) is 0 Å². The summed E-state index contributed by atoms with van der Waals surface area (Å²) in [5, 5.41) is 10.0. The smallest absolute Gasteiger partial charge is 0.137 e. The molecule has 1 aromatic heterocycles. The maximum absolute atomic E-state index is 10.0. The first-order chi connectivity index (χ1) is 8.29. The molecule has 1 N–H and O–H groups in total. The number of nitrogens with zero attached hydrogens (tertiary/aromatic N) is 2. The first-order valence-corrected chi connectivity index (χ1v) is 6.20. The fourth-order valence-electron chi connectivity index (χ4n) is 2.17. The molecule has 4 nitrogen and oxygen atoms in total. The van der Waals surface area contributed by atoms with Crippen molar-refractivity contribution in [2.75, 3.05) is 26.7 Å². The molecule has 1 saturated heterocycles. The maximum atomic E-state index is 10.0. The molecule has 1 aliphatic rings. The van der Waals surface area contributed by atoms with Crippen LogP contribution in [0.5, 0.6) is 5.75 Å². The molecule has 2 rings (SSSR count). The van der Waals surface area contributed by atoms with Crippen molar-refractivity contribution < 1.29 is 9.84 Å². The van der Waals surface area contributed by atoms with E-state index in [4.69, 9.17) is 4.74 Å². The van der Waals surface area contributed by atoms with Crippen molar-refractivity contribution in [2.24, 2.45) is 0 Å². The third-order valence-corrected chi connectivity index (χ3v) is 3.25. The fourth-order valence-corrected chi connectivity index (χ4v) is 2.17. The Bertz CT molecular complexity index is 334. The Hall–Kier alpha value is -1.13. The molecule has 0 spiro atoms. The van der Waals surface area contributed by atoms with Crippen molar-refractivity contribution in [3.05, 3.63) is 24.0 Å². The number of aromatic nitrogens is 1. The highest BCUT2D eigenvalue weighted by Crippen LogP contribution is 2.18. The van der Waals surface area contributed by atoms with Gasteiger partial charge in [-0.3, -0.25) is 4.98 Å². The van der Waals surface area contributed by atoms with Gasteiger partial charge in [-0.2, -0.15) is 0 Å². The monoisotopic (exact) mass is 236 g/mol. The van der Waals surface area contributed by atoms with Crippen LogP contribution in [0.3, 0.4) is 0 Å². The van der Waals surface area contributed by atoms with Crippen LogP contribution in [-0.4, -0.2) is 41.7 Å². The van der Waals surface area contributed by atoms with Gasteiger partial charge in [0.2, 0.25) is 0 Å². The van der Waals surface area contributed by atoms with Crippen molar-refractivity contribution >= 4 is 0 Å². The van der Waals surface area contributed by atoms with E-state index < -0.39 is 6.10 Å². The summed E-state index contributed by atoms with van der Waals surface area (Å²) in [6.45, 7) is 3.29. The van der Waals surface area contributed by atoms with Crippen molar-refractivity contribution in [3.8, 4) is 5.75 Å². The Morgan fingerprint density at radius 1 is 1.41 bits per heavy atom. The number of hydrogen-bond donors (Lipinski definition) is 1. The summed E-state index contributed by atoms with van der Waals surface area (Å²) in [7, 11) is 1.61. The number of aliphatic hydroxyl groups is 1. The Morgan fingerprint density at radius 2 is 2.18 bits per heavy atom. The van der Waals surface area contributed by atoms with Crippen LogP contribution in [0, 0.1) is 0 Å². The maximum Gasteiger partial charge on any atom is 0.137 e. The molecule has 0 amide bonds. The number of likely N-dealkylation sites (tertiary alicyclic amines) is 1. The van der Waals surface area contributed by atoms with Gasteiger partial charge >= 0.3 is 0 Å². The van der Waals surface area contributed by atoms with Crippen molar-refractivity contribution in [2.45, 2.75) is 25.4 Å². The van der Waals surface area contributed by atoms with Crippen LogP contribution in [0.4, 0.5) is 0 Å². The zero-order chi connectivity index (χ0) is 12.1. The molecule has 0 unspecified atom stereocenters. The van der Waals surface area contributed by atoms with E-state index in [0.29, 0.717) is 0 Å². The Labute approximate surface area is 102 Å². The lowest BCUT2D eigenvalue weighted by molar-refractivity contribution is 0.144. The van der Waals surface area contributed by atoms with Gasteiger partial charge in [-0.1, -0.05) is 0 Å². The van der Waals surface area contributed by atoms with Gasteiger partial charge < -0.3 is 14.7 Å². The highest BCUT2D eigenvalue weighted by molar-refractivity contribution is 5.20. The average molecular weight is 236 g/mol. The van der Waals surface area contributed by atoms with Crippen LogP contribution in [-0.2, 0) is 0 Å². The average Bonchev–Trinajstić information content (AvgIpc) is 2.89. The molecule has 0 aliphatic carbocycles. The van der Waals surface area contributed by atoms with Gasteiger partial charge in [0.05, 0.1) is 25.1 Å². The van der Waals surface area contributed by atoms with E-state index in [0.717, 1.165) is 24.4 Å². The molecular formula is C13H20N2O2. The number of ether oxygens (including phenoxy) is 1. The number of aliphatic hydroxyl groups excluding tert-OH is 1. The summed E-state index contributed by atoms with van der Waals surface area (Å²) >= 11 is 0. The third kappa shape index (κ3) is 3.41. The minimum absolute atomic E-state index is 0.471. The highest BCUT2D eigenvalue weighted by Gasteiger charge is 2.15. The molecule has 0 saturated carbocycles. The van der Waals surface area contributed by atoms with Crippen LogP contribution in [0.1, 0.15) is 31.1 Å². The van der Waals surface area contributed by atoms with Crippen molar-refractivity contribution in [1.82, 2.24) is 9.88 Å². The molecule has 17 heavy (non-hydrogen) atoms. The predicted octanol–water partition coefficient (Wildman–Crippen LogP) is 1.61. The molecule has 0 radical (unpaired) electrons. The molecule has 0 bridgehead atoms. The van der Waals surface area contributed by atoms with Gasteiger partial charge in [-0.05, 0) is 44.5 Å². The number of methoxy groups -OCH3 is 1. The van der Waals surface area contributed by atoms with Crippen molar-refractivity contribution in [1.29, 1.82) is 0 Å². The number of rotatable bonds is 5. The van der Waals surface area contributed by atoms with E-state index in [1.165, 1.54) is 25.9 Å². The molecule has 2 heterocycles. The summed E-state index contributed by atoms with van der Waals surface area (Å²) in [5.74, 6) is 0.723. The number of pyridine rings is 1. The van der Waals surface area contributed by atoms with E-state index in [9.17, 15) is 5.11 Å². The first-order valence-electron chi connectivity index (χ1n) is 6.20. The molecule has 0 aromatic carbocycles. The fraction of sp³-hybridized carbons (Fsp3) is 0.615. The second-order valence-electron chi connectivity index (χ2n) is 4.48. The van der Waals surface area contributed by atoms with Crippen LogP contribution in [0.15, 0.2) is 18.3 Å². The van der Waals surface area contributed by atoms with Crippen molar-refractivity contribution in [3.63, 3.8) is 0 Å². The van der Waals surface area contributed by atoms with Gasteiger partial charge in [0, 0.05) is 6.54 Å². The van der Waals surface area contributed by atoms with E-state index in [1.54, 1.807) is 13.3 Å². The summed E-state index contributed by atoms with van der Waals surface area (Å²) in [6.07, 6.45) is 4.50. The van der Waals surface area contributed by atoms with E-state index in [-0.39, 0.29) is 0 Å². The Balaban J connectivity index is 1.83. The lowest BCUT2D eigenvalue weighted by Gasteiger charge is -2.17. The summed E-state index contributed by atoms with van der Waals surface area (Å²) in [6, 6.07) is 3.66. The second-order valence-corrected chi connectivity index (χ2v) is 4.48. The van der Waals surface area contributed by atoms with Crippen LogP contribution in [0.2, 0.25) is 0 Å². The van der Waals surface area contributed by atoms with Gasteiger partial charge in [0.25, 0.3) is 0 Å². The largest absolute Gasteiger partial charge is 0.495 e. The standard InChI is InChI=1S/C13H20N2O2/c1-17-11-4-5-12(14-10-11)13(16)6-9-15-7-2-3-8-15/h4-5,10,13,16H,2-3,6-9H2,1H3/t13-/m1/s1. The molecule has 1 atom stereocenters. The molecular weight excluding hydrogens is 216 g/mol. The lowest BCUT2D eigenvalue weighted by Crippen LogP contribution is -2.22. The zero-order valence-corrected chi connectivity index (χ0v) is 10.3. The predicted molar refractivity (Wildman–Crippen MR) is 66.0 cm³/mol. The normalized spacial score (nSPS) is 18.2. The molecule has 4 heteroatoms. The number of hydrogen-bond acceptors (Lipinski definition) is 4. The van der Waals surface area contributed by atoms with Crippen LogP contribution >= 0.6 is 0 Å². The van der Waals surface area contributed by atoms with Gasteiger partial charge in [-0.25, -0.2) is 0 Å². The molecule has 94 valence electrons. The van der Waals surface area contributed by atoms with Gasteiger partial charge in [0.1, 0.15) is 5.75 Å². The Kier molecular flexibility index (Phi) is 4.34. The summed E-state index contributed by atoms with van der Waals surface area (Å²) < 4.78 is 5.04. The first kappa shape index (κ1) is 12.3. The van der Waals surface area contributed by atoms with Gasteiger partial charge in [-0.15, -0.1) is 0 Å². The van der Waals surface area contributed by atoms with E-state index in [2.05, 4.69) is 9.88 Å². The van der Waals surface area contributed by atoms with Crippen LogP contribution < -0.4 is 4.74 Å².